The van der Waals surface area contributed by atoms with Gasteiger partial charge in [-0.1, -0.05) is 6.07 Å². The van der Waals surface area contributed by atoms with Crippen LogP contribution in [0.4, 0.5) is 11.5 Å². The van der Waals surface area contributed by atoms with Gasteiger partial charge in [-0.15, -0.1) is 0 Å². The fraction of sp³-hybridized carbons (Fsp3) is 0.150. The zero-order valence-electron chi connectivity index (χ0n) is 15.5. The van der Waals surface area contributed by atoms with E-state index in [1.807, 2.05) is 12.1 Å². The number of amides is 1. The first-order valence-electron chi connectivity index (χ1n) is 8.53. The standard InChI is InChI=1S/C20H19N5O3/c1-13-23-17(19(26)22-12-14-6-8-21-9-7-14)11-18(24-13)25-16-5-3-4-15(10-16)20(27)28-2/h3-11H,12H2,1-2H3,(H,22,26)(H,23,24,25). The SMILES string of the molecule is COC(=O)c1cccc(Nc2cc(C(=O)NCc3ccncc3)nc(C)n2)c1. The van der Waals surface area contributed by atoms with Crippen LogP contribution in [0, 0.1) is 6.92 Å². The number of carbonyl (C=O) groups excluding carboxylic acids is 2. The monoisotopic (exact) mass is 377 g/mol. The van der Waals surface area contributed by atoms with E-state index >= 15 is 0 Å². The lowest BCUT2D eigenvalue weighted by atomic mass is 10.2. The number of methoxy groups -OCH3 is 1. The molecule has 0 radical (unpaired) electrons. The van der Waals surface area contributed by atoms with Crippen LogP contribution < -0.4 is 10.6 Å². The molecule has 3 aromatic rings. The largest absolute Gasteiger partial charge is 0.465 e. The Hall–Kier alpha value is -3.81. The van der Waals surface area contributed by atoms with E-state index in [4.69, 9.17) is 4.74 Å². The summed E-state index contributed by atoms with van der Waals surface area (Å²) in [5.74, 6) is 0.152. The zero-order chi connectivity index (χ0) is 19.9. The number of hydrogen-bond acceptors (Lipinski definition) is 7. The Kier molecular flexibility index (Phi) is 5.91. The van der Waals surface area contributed by atoms with Crippen LogP contribution in [0.1, 0.15) is 32.2 Å². The molecule has 2 aromatic heterocycles. The molecule has 28 heavy (non-hydrogen) atoms. The molecule has 0 aliphatic carbocycles. The summed E-state index contributed by atoms with van der Waals surface area (Å²) in [6.45, 7) is 2.07. The van der Waals surface area contributed by atoms with Crippen LogP contribution in [-0.2, 0) is 11.3 Å². The lowest BCUT2D eigenvalue weighted by molar-refractivity contribution is 0.0600. The molecule has 0 atom stereocenters. The van der Waals surface area contributed by atoms with Crippen LogP contribution in [0.3, 0.4) is 0 Å². The van der Waals surface area contributed by atoms with Crippen molar-refractivity contribution in [3.63, 3.8) is 0 Å². The fourth-order valence-corrected chi connectivity index (χ4v) is 2.51. The molecule has 0 unspecified atom stereocenters. The molecule has 0 fully saturated rings. The average molecular weight is 377 g/mol. The number of hydrogen-bond donors (Lipinski definition) is 2. The van der Waals surface area contributed by atoms with E-state index in [1.54, 1.807) is 49.6 Å². The van der Waals surface area contributed by atoms with Crippen LogP contribution in [0.2, 0.25) is 0 Å². The first kappa shape index (κ1) is 19.0. The molecule has 0 spiro atoms. The molecule has 3 rings (SSSR count). The summed E-state index contributed by atoms with van der Waals surface area (Å²) in [4.78, 5) is 36.6. The minimum atomic E-state index is -0.432. The van der Waals surface area contributed by atoms with Crippen molar-refractivity contribution >= 4 is 23.4 Å². The normalized spacial score (nSPS) is 10.2. The van der Waals surface area contributed by atoms with Gasteiger partial charge in [0.15, 0.2) is 0 Å². The van der Waals surface area contributed by atoms with E-state index in [1.165, 1.54) is 7.11 Å². The van der Waals surface area contributed by atoms with Crippen molar-refractivity contribution in [2.75, 3.05) is 12.4 Å². The Balaban J connectivity index is 1.74. The van der Waals surface area contributed by atoms with Crippen LogP contribution in [-0.4, -0.2) is 33.9 Å². The van der Waals surface area contributed by atoms with Gasteiger partial charge in [0.2, 0.25) is 0 Å². The average Bonchev–Trinajstić information content (AvgIpc) is 2.72. The lowest BCUT2D eigenvalue weighted by Gasteiger charge is -2.10. The van der Waals surface area contributed by atoms with Gasteiger partial charge in [-0.05, 0) is 42.8 Å². The van der Waals surface area contributed by atoms with E-state index in [0.29, 0.717) is 29.4 Å². The van der Waals surface area contributed by atoms with Crippen LogP contribution >= 0.6 is 0 Å². The van der Waals surface area contributed by atoms with E-state index in [9.17, 15) is 9.59 Å². The lowest BCUT2D eigenvalue weighted by Crippen LogP contribution is -2.24. The second kappa shape index (κ2) is 8.72. The van der Waals surface area contributed by atoms with Gasteiger partial charge in [0, 0.05) is 30.7 Å². The van der Waals surface area contributed by atoms with Gasteiger partial charge in [-0.3, -0.25) is 9.78 Å². The number of aromatic nitrogens is 3. The van der Waals surface area contributed by atoms with Gasteiger partial charge in [0.05, 0.1) is 12.7 Å². The molecule has 142 valence electrons. The quantitative estimate of drug-likeness (QED) is 0.636. The minimum absolute atomic E-state index is 0.244. The number of nitrogens with one attached hydrogen (secondary N) is 2. The van der Waals surface area contributed by atoms with Gasteiger partial charge in [-0.25, -0.2) is 14.8 Å². The fourth-order valence-electron chi connectivity index (χ4n) is 2.51. The van der Waals surface area contributed by atoms with Gasteiger partial charge < -0.3 is 15.4 Å². The second-order valence-electron chi connectivity index (χ2n) is 5.92. The van der Waals surface area contributed by atoms with Crippen molar-refractivity contribution in [1.29, 1.82) is 0 Å². The third-order valence-corrected chi connectivity index (χ3v) is 3.83. The highest BCUT2D eigenvalue weighted by atomic mass is 16.5. The van der Waals surface area contributed by atoms with E-state index < -0.39 is 5.97 Å². The van der Waals surface area contributed by atoms with Crippen LogP contribution in [0.25, 0.3) is 0 Å². The van der Waals surface area contributed by atoms with E-state index in [2.05, 4.69) is 25.6 Å². The summed E-state index contributed by atoms with van der Waals surface area (Å²) in [5, 5.41) is 5.91. The molecule has 8 nitrogen and oxygen atoms in total. The van der Waals surface area contributed by atoms with Crippen LogP contribution in [0.15, 0.2) is 54.9 Å². The Bertz CT molecular complexity index is 992. The second-order valence-corrected chi connectivity index (χ2v) is 5.92. The number of aryl methyl sites for hydroxylation is 1. The molecule has 8 heteroatoms. The predicted molar refractivity (Wildman–Crippen MR) is 103 cm³/mol. The van der Waals surface area contributed by atoms with Crippen molar-refractivity contribution in [1.82, 2.24) is 20.3 Å². The van der Waals surface area contributed by atoms with Gasteiger partial charge in [0.25, 0.3) is 5.91 Å². The van der Waals surface area contributed by atoms with Gasteiger partial charge >= 0.3 is 5.97 Å². The number of anilines is 2. The molecule has 1 aromatic carbocycles. The number of nitrogens with zero attached hydrogens (tertiary/aromatic N) is 3. The first-order valence-corrected chi connectivity index (χ1v) is 8.53. The van der Waals surface area contributed by atoms with Crippen molar-refractivity contribution in [3.8, 4) is 0 Å². The number of rotatable bonds is 6. The maximum absolute atomic E-state index is 12.5. The van der Waals surface area contributed by atoms with E-state index in [-0.39, 0.29) is 11.6 Å². The Morgan fingerprint density at radius 2 is 1.86 bits per heavy atom. The number of benzene rings is 1. The minimum Gasteiger partial charge on any atom is -0.465 e. The molecule has 1 amide bonds. The molecular weight excluding hydrogens is 358 g/mol. The topological polar surface area (TPSA) is 106 Å². The highest BCUT2D eigenvalue weighted by Gasteiger charge is 2.11. The van der Waals surface area contributed by atoms with Crippen LogP contribution in [0.5, 0.6) is 0 Å². The third kappa shape index (κ3) is 4.88. The van der Waals surface area contributed by atoms with Crippen molar-refractivity contribution in [2.45, 2.75) is 13.5 Å². The molecule has 2 N–H and O–H groups in total. The Labute approximate surface area is 162 Å². The Morgan fingerprint density at radius 3 is 2.61 bits per heavy atom. The van der Waals surface area contributed by atoms with Crippen molar-refractivity contribution in [2.24, 2.45) is 0 Å². The molecule has 0 saturated carbocycles. The number of ether oxygens (including phenoxy) is 1. The smallest absolute Gasteiger partial charge is 0.337 e. The molecule has 0 bridgehead atoms. The van der Waals surface area contributed by atoms with Gasteiger partial charge in [0.1, 0.15) is 17.3 Å². The molecule has 0 aliphatic rings. The highest BCUT2D eigenvalue weighted by Crippen LogP contribution is 2.17. The van der Waals surface area contributed by atoms with E-state index in [0.717, 1.165) is 5.56 Å². The summed E-state index contributed by atoms with van der Waals surface area (Å²) in [6, 6.07) is 12.0. The summed E-state index contributed by atoms with van der Waals surface area (Å²) >= 11 is 0. The summed E-state index contributed by atoms with van der Waals surface area (Å²) in [7, 11) is 1.33. The van der Waals surface area contributed by atoms with Crippen molar-refractivity contribution < 1.29 is 14.3 Å². The predicted octanol–water partition coefficient (Wildman–Crippen LogP) is 2.64. The third-order valence-electron chi connectivity index (χ3n) is 3.83. The number of esters is 1. The summed E-state index contributed by atoms with van der Waals surface area (Å²) in [6.07, 6.45) is 3.33. The molecular formula is C20H19N5O3. The zero-order valence-corrected chi connectivity index (χ0v) is 15.5. The maximum atomic E-state index is 12.5. The Morgan fingerprint density at radius 1 is 1.07 bits per heavy atom. The highest BCUT2D eigenvalue weighted by molar-refractivity contribution is 5.93. The molecule has 2 heterocycles. The number of carbonyl (C=O) groups is 2. The first-order chi connectivity index (χ1) is 13.5. The maximum Gasteiger partial charge on any atom is 0.337 e. The summed E-state index contributed by atoms with van der Waals surface area (Å²) < 4.78 is 4.73. The molecule has 0 aliphatic heterocycles. The van der Waals surface area contributed by atoms with Crippen molar-refractivity contribution in [3.05, 3.63) is 77.5 Å². The number of pyridine rings is 1. The van der Waals surface area contributed by atoms with Gasteiger partial charge in [-0.2, -0.15) is 0 Å². The summed E-state index contributed by atoms with van der Waals surface area (Å²) in [5.41, 5.74) is 2.23. The molecule has 0 saturated heterocycles.